The first-order chi connectivity index (χ1) is 8.37. The minimum absolute atomic E-state index is 0.0724. The Hall–Kier alpha value is -0.680. The predicted molar refractivity (Wildman–Crippen MR) is 70.7 cm³/mol. The Labute approximate surface area is 114 Å². The van der Waals surface area contributed by atoms with Crippen LogP contribution in [0.15, 0.2) is 16.6 Å². The highest BCUT2D eigenvalue weighted by atomic mass is 79.9. The van der Waals surface area contributed by atoms with Crippen molar-refractivity contribution in [2.45, 2.75) is 38.4 Å². The van der Waals surface area contributed by atoms with E-state index in [0.29, 0.717) is 6.54 Å². The van der Waals surface area contributed by atoms with Crippen LogP contribution in [0.3, 0.4) is 0 Å². The molecule has 1 aliphatic heterocycles. The molecule has 1 heterocycles. The lowest BCUT2D eigenvalue weighted by atomic mass is 10.1. The van der Waals surface area contributed by atoms with Gasteiger partial charge < -0.3 is 10.1 Å². The van der Waals surface area contributed by atoms with Crippen LogP contribution in [0.4, 0.5) is 14.5 Å². The smallest absolute Gasteiger partial charge is 0.149 e. The minimum atomic E-state index is -0.601. The second kappa shape index (κ2) is 5.13. The summed E-state index contributed by atoms with van der Waals surface area (Å²) in [7, 11) is 0. The molecule has 0 aliphatic carbocycles. The molecule has 0 bridgehead atoms. The van der Waals surface area contributed by atoms with Crippen molar-refractivity contribution in [3.63, 3.8) is 0 Å². The normalized spacial score (nSPS) is 22.2. The molecule has 1 N–H and O–H groups in total. The van der Waals surface area contributed by atoms with Crippen LogP contribution in [-0.4, -0.2) is 18.2 Å². The van der Waals surface area contributed by atoms with Crippen LogP contribution < -0.4 is 5.32 Å². The molecule has 1 atom stereocenters. The van der Waals surface area contributed by atoms with E-state index < -0.39 is 11.6 Å². The van der Waals surface area contributed by atoms with E-state index >= 15 is 0 Å². The van der Waals surface area contributed by atoms with Crippen LogP contribution in [0.2, 0.25) is 0 Å². The molecule has 5 heteroatoms. The lowest BCUT2D eigenvalue weighted by molar-refractivity contribution is -0.00912. The average Bonchev–Trinajstić information content (AvgIpc) is 2.62. The van der Waals surface area contributed by atoms with Gasteiger partial charge in [0.15, 0.2) is 0 Å². The van der Waals surface area contributed by atoms with Gasteiger partial charge in [0.05, 0.1) is 21.9 Å². The third-order valence-corrected chi connectivity index (χ3v) is 3.69. The zero-order valence-corrected chi connectivity index (χ0v) is 12.0. The van der Waals surface area contributed by atoms with Crippen LogP contribution in [0.25, 0.3) is 0 Å². The Bertz CT molecular complexity index is 451. The van der Waals surface area contributed by atoms with Crippen LogP contribution in [0, 0.1) is 11.6 Å². The maximum Gasteiger partial charge on any atom is 0.149 e. The number of nitrogens with one attached hydrogen (secondary N) is 1. The van der Waals surface area contributed by atoms with E-state index in [4.69, 9.17) is 4.74 Å². The number of hydrogen-bond donors (Lipinski definition) is 1. The van der Waals surface area contributed by atoms with Gasteiger partial charge in [-0.05, 0) is 48.7 Å². The van der Waals surface area contributed by atoms with E-state index in [2.05, 4.69) is 21.2 Å². The van der Waals surface area contributed by atoms with Gasteiger partial charge in [-0.1, -0.05) is 0 Å². The Kier molecular flexibility index (Phi) is 3.92. The van der Waals surface area contributed by atoms with Crippen molar-refractivity contribution in [3.05, 3.63) is 28.2 Å². The topological polar surface area (TPSA) is 21.3 Å². The molecule has 0 saturated carbocycles. The fourth-order valence-corrected chi connectivity index (χ4v) is 2.45. The molecular weight excluding hydrogens is 304 g/mol. The predicted octanol–water partition coefficient (Wildman–Crippen LogP) is 4.10. The molecule has 18 heavy (non-hydrogen) atoms. The van der Waals surface area contributed by atoms with Gasteiger partial charge in [-0.25, -0.2) is 8.78 Å². The van der Waals surface area contributed by atoms with Crippen molar-refractivity contribution in [3.8, 4) is 0 Å². The molecule has 1 aliphatic rings. The quantitative estimate of drug-likeness (QED) is 0.847. The zero-order chi connectivity index (χ0) is 13.3. The third kappa shape index (κ3) is 3.20. The van der Waals surface area contributed by atoms with Crippen molar-refractivity contribution < 1.29 is 13.5 Å². The summed E-state index contributed by atoms with van der Waals surface area (Å²) in [5, 5.41) is 2.96. The van der Waals surface area contributed by atoms with E-state index in [1.165, 1.54) is 6.07 Å². The van der Waals surface area contributed by atoms with Crippen molar-refractivity contribution >= 4 is 21.6 Å². The number of ether oxygens (including phenoxy) is 1. The zero-order valence-electron chi connectivity index (χ0n) is 10.4. The standard InChI is InChI=1S/C13H16BrF2NO/c1-13(2)4-3-8(18-13)7-17-12-5-9(14)10(15)6-11(12)16/h5-6,8,17H,3-4,7H2,1-2H3. The van der Waals surface area contributed by atoms with Crippen molar-refractivity contribution in [2.24, 2.45) is 0 Å². The van der Waals surface area contributed by atoms with Crippen LogP contribution >= 0.6 is 15.9 Å². The summed E-state index contributed by atoms with van der Waals surface area (Å²) in [6, 6.07) is 2.27. The molecule has 0 spiro atoms. The molecule has 0 amide bonds. The van der Waals surface area contributed by atoms with Crippen molar-refractivity contribution in [2.75, 3.05) is 11.9 Å². The van der Waals surface area contributed by atoms with E-state index in [9.17, 15) is 8.78 Å². The molecule has 1 saturated heterocycles. The number of halogens is 3. The number of benzene rings is 1. The summed E-state index contributed by atoms with van der Waals surface area (Å²) in [6.07, 6.45) is 2.02. The van der Waals surface area contributed by atoms with Crippen LogP contribution in [0.5, 0.6) is 0 Å². The fourth-order valence-electron chi connectivity index (χ4n) is 2.10. The van der Waals surface area contributed by atoms with E-state index in [1.54, 1.807) is 0 Å². The SMILES string of the molecule is CC1(C)CCC(CNc2cc(Br)c(F)cc2F)O1. The number of anilines is 1. The van der Waals surface area contributed by atoms with E-state index in [1.807, 2.05) is 13.8 Å². The third-order valence-electron chi connectivity index (χ3n) is 3.08. The molecule has 2 nitrogen and oxygen atoms in total. The highest BCUT2D eigenvalue weighted by Gasteiger charge is 2.31. The summed E-state index contributed by atoms with van der Waals surface area (Å²) >= 11 is 3.04. The highest BCUT2D eigenvalue weighted by molar-refractivity contribution is 9.10. The fraction of sp³-hybridized carbons (Fsp3) is 0.538. The first kappa shape index (κ1) is 13.7. The summed E-state index contributed by atoms with van der Waals surface area (Å²) in [5.74, 6) is -1.19. The Balaban J connectivity index is 1.97. The van der Waals surface area contributed by atoms with Gasteiger partial charge >= 0.3 is 0 Å². The van der Waals surface area contributed by atoms with Gasteiger partial charge in [-0.15, -0.1) is 0 Å². The second-order valence-electron chi connectivity index (χ2n) is 5.17. The molecule has 1 fully saturated rings. The van der Waals surface area contributed by atoms with Crippen LogP contribution in [0.1, 0.15) is 26.7 Å². The Morgan fingerprint density at radius 3 is 2.72 bits per heavy atom. The lowest BCUT2D eigenvalue weighted by Gasteiger charge is -2.20. The van der Waals surface area contributed by atoms with Gasteiger partial charge in [0.2, 0.25) is 0 Å². The van der Waals surface area contributed by atoms with E-state index in [-0.39, 0.29) is 21.9 Å². The number of hydrogen-bond acceptors (Lipinski definition) is 2. The molecule has 1 unspecified atom stereocenters. The molecule has 100 valence electrons. The monoisotopic (exact) mass is 319 g/mol. The number of rotatable bonds is 3. The first-order valence-electron chi connectivity index (χ1n) is 5.94. The summed E-state index contributed by atoms with van der Waals surface area (Å²) in [5.41, 5.74) is 0.186. The molecule has 1 aromatic rings. The molecular formula is C13H16BrF2NO. The molecule has 2 rings (SSSR count). The van der Waals surface area contributed by atoms with Crippen molar-refractivity contribution in [1.82, 2.24) is 0 Å². The molecule has 0 aromatic heterocycles. The van der Waals surface area contributed by atoms with Crippen molar-refractivity contribution in [1.29, 1.82) is 0 Å². The maximum atomic E-state index is 13.5. The largest absolute Gasteiger partial charge is 0.380 e. The second-order valence-corrected chi connectivity index (χ2v) is 6.02. The van der Waals surface area contributed by atoms with Crippen LogP contribution in [-0.2, 0) is 4.74 Å². The lowest BCUT2D eigenvalue weighted by Crippen LogP contribution is -2.25. The maximum absolute atomic E-state index is 13.5. The molecule has 0 radical (unpaired) electrons. The minimum Gasteiger partial charge on any atom is -0.380 e. The van der Waals surface area contributed by atoms with Gasteiger partial charge in [0.1, 0.15) is 11.6 Å². The van der Waals surface area contributed by atoms with Gasteiger partial charge in [0, 0.05) is 12.6 Å². The van der Waals surface area contributed by atoms with Gasteiger partial charge in [-0.3, -0.25) is 0 Å². The summed E-state index contributed by atoms with van der Waals surface area (Å²) < 4.78 is 32.6. The molecule has 1 aromatic carbocycles. The Morgan fingerprint density at radius 1 is 1.39 bits per heavy atom. The first-order valence-corrected chi connectivity index (χ1v) is 6.73. The van der Waals surface area contributed by atoms with Gasteiger partial charge in [-0.2, -0.15) is 0 Å². The van der Waals surface area contributed by atoms with Gasteiger partial charge in [0.25, 0.3) is 0 Å². The summed E-state index contributed by atoms with van der Waals surface area (Å²) in [6.45, 7) is 4.61. The highest BCUT2D eigenvalue weighted by Crippen LogP contribution is 2.30. The summed E-state index contributed by atoms with van der Waals surface area (Å²) in [4.78, 5) is 0. The Morgan fingerprint density at radius 2 is 2.11 bits per heavy atom. The van der Waals surface area contributed by atoms with E-state index in [0.717, 1.165) is 18.9 Å². The average molecular weight is 320 g/mol.